The van der Waals surface area contributed by atoms with Crippen LogP contribution in [-0.2, 0) is 27.7 Å². The average Bonchev–Trinajstić information content (AvgIpc) is 2.46. The first-order valence-corrected chi connectivity index (χ1v) is 5.57. The van der Waals surface area contributed by atoms with E-state index in [4.69, 9.17) is 8.97 Å². The van der Waals surface area contributed by atoms with Crippen LogP contribution in [0.5, 0.6) is 0 Å². The molecule has 7 heteroatoms. The van der Waals surface area contributed by atoms with Gasteiger partial charge in [-0.3, -0.25) is 4.55 Å². The topological polar surface area (TPSA) is 80.0 Å². The van der Waals surface area contributed by atoms with Crippen LogP contribution in [0.3, 0.4) is 0 Å². The lowest BCUT2D eigenvalue weighted by Crippen LogP contribution is -2.09. The summed E-state index contributed by atoms with van der Waals surface area (Å²) in [4.78, 5) is 1.91. The second-order valence-electron chi connectivity index (χ2n) is 3.30. The maximum atomic E-state index is 10.3. The summed E-state index contributed by atoms with van der Waals surface area (Å²) in [5, 5.41) is 0. The summed E-state index contributed by atoms with van der Waals surface area (Å²) in [6.07, 6.45) is 0. The molecule has 0 saturated heterocycles. The summed E-state index contributed by atoms with van der Waals surface area (Å²) in [5.74, 6) is 1.05. The molecule has 0 bridgehead atoms. The van der Waals surface area contributed by atoms with Crippen molar-refractivity contribution in [1.29, 1.82) is 0 Å². The minimum atomic E-state index is -4.41. The Hall–Kier alpha value is -0.890. The zero-order valence-corrected chi connectivity index (χ0v) is 9.32. The molecule has 0 amide bonds. The Labute approximate surface area is 88.4 Å². The van der Waals surface area contributed by atoms with Gasteiger partial charge in [0, 0.05) is 0 Å². The smallest absolute Gasteiger partial charge is 0.397 e. The van der Waals surface area contributed by atoms with E-state index in [9.17, 15) is 8.42 Å². The largest absolute Gasteiger partial charge is 0.462 e. The highest BCUT2D eigenvalue weighted by Gasteiger charge is 2.08. The molecule has 1 rings (SSSR count). The van der Waals surface area contributed by atoms with Crippen LogP contribution in [0.15, 0.2) is 16.5 Å². The van der Waals surface area contributed by atoms with Crippen LogP contribution in [-0.4, -0.2) is 32.0 Å². The van der Waals surface area contributed by atoms with Crippen molar-refractivity contribution in [3.05, 3.63) is 23.7 Å². The third-order valence-corrected chi connectivity index (χ3v) is 1.96. The van der Waals surface area contributed by atoms with E-state index in [0.29, 0.717) is 18.1 Å². The highest BCUT2D eigenvalue weighted by Crippen LogP contribution is 2.11. The van der Waals surface area contributed by atoms with Gasteiger partial charge in [-0.15, -0.1) is 0 Å². The minimum Gasteiger partial charge on any atom is -0.462 e. The van der Waals surface area contributed by atoms with Gasteiger partial charge in [0.1, 0.15) is 18.1 Å². The lowest BCUT2D eigenvalue weighted by atomic mass is 10.4. The Morgan fingerprint density at radius 2 is 2.00 bits per heavy atom. The number of hydrogen-bond donors (Lipinski definition) is 1. The fourth-order valence-corrected chi connectivity index (χ4v) is 1.29. The van der Waals surface area contributed by atoms with Crippen molar-refractivity contribution in [2.24, 2.45) is 0 Å². The zero-order chi connectivity index (χ0) is 11.5. The van der Waals surface area contributed by atoms with E-state index in [1.54, 1.807) is 12.1 Å². The molecule has 0 aromatic carbocycles. The molecule has 86 valence electrons. The van der Waals surface area contributed by atoms with Gasteiger partial charge in [0.2, 0.25) is 0 Å². The molecule has 0 spiro atoms. The second-order valence-corrected chi connectivity index (χ2v) is 4.39. The summed E-state index contributed by atoms with van der Waals surface area (Å²) < 4.78 is 38.3. The normalized spacial score (nSPS) is 12.3. The van der Waals surface area contributed by atoms with Crippen LogP contribution in [0.4, 0.5) is 0 Å². The molecule has 6 nitrogen and oxygen atoms in total. The number of nitrogens with zero attached hydrogens (tertiary/aromatic N) is 1. The van der Waals surface area contributed by atoms with Crippen molar-refractivity contribution in [1.82, 2.24) is 4.90 Å². The molecular formula is C8H13NO5S. The molecule has 0 fully saturated rings. The van der Waals surface area contributed by atoms with Crippen molar-refractivity contribution in [3.8, 4) is 0 Å². The molecule has 0 unspecified atom stereocenters. The molecule has 0 aliphatic carbocycles. The van der Waals surface area contributed by atoms with Crippen molar-refractivity contribution in [3.63, 3.8) is 0 Å². The summed E-state index contributed by atoms with van der Waals surface area (Å²) in [6, 6.07) is 3.33. The highest BCUT2D eigenvalue weighted by atomic mass is 32.3. The second kappa shape index (κ2) is 4.75. The molecule has 0 radical (unpaired) electrons. The molecule has 1 aromatic heterocycles. The Bertz CT molecular complexity index is 408. The van der Waals surface area contributed by atoms with Gasteiger partial charge < -0.3 is 9.32 Å². The molecular weight excluding hydrogens is 222 g/mol. The SMILES string of the molecule is CN(C)Cc1ccc(COS(=O)(=O)O)o1. The van der Waals surface area contributed by atoms with Crippen molar-refractivity contribution in [2.45, 2.75) is 13.2 Å². The molecule has 1 aromatic rings. The van der Waals surface area contributed by atoms with Crippen LogP contribution in [0.2, 0.25) is 0 Å². The highest BCUT2D eigenvalue weighted by molar-refractivity contribution is 7.80. The van der Waals surface area contributed by atoms with Gasteiger partial charge in [0.25, 0.3) is 0 Å². The predicted molar refractivity (Wildman–Crippen MR) is 52.4 cm³/mol. The monoisotopic (exact) mass is 235 g/mol. The summed E-state index contributed by atoms with van der Waals surface area (Å²) in [7, 11) is -0.635. The van der Waals surface area contributed by atoms with Crippen molar-refractivity contribution in [2.75, 3.05) is 14.1 Å². The Balaban J connectivity index is 2.53. The molecule has 1 heterocycles. The minimum absolute atomic E-state index is 0.299. The number of furan rings is 1. The maximum absolute atomic E-state index is 10.3. The maximum Gasteiger partial charge on any atom is 0.397 e. The number of hydrogen-bond acceptors (Lipinski definition) is 5. The van der Waals surface area contributed by atoms with Gasteiger partial charge in [-0.1, -0.05) is 0 Å². The van der Waals surface area contributed by atoms with Gasteiger partial charge in [0.05, 0.1) is 6.54 Å². The van der Waals surface area contributed by atoms with Gasteiger partial charge in [0.15, 0.2) is 0 Å². The van der Waals surface area contributed by atoms with Crippen LogP contribution in [0.25, 0.3) is 0 Å². The quantitative estimate of drug-likeness (QED) is 0.755. The molecule has 0 aliphatic heterocycles. The van der Waals surface area contributed by atoms with Crippen LogP contribution in [0.1, 0.15) is 11.5 Å². The summed E-state index contributed by atoms with van der Waals surface area (Å²) in [5.41, 5.74) is 0. The van der Waals surface area contributed by atoms with Crippen molar-refractivity contribution < 1.29 is 21.6 Å². The fourth-order valence-electron chi connectivity index (χ4n) is 1.03. The molecule has 15 heavy (non-hydrogen) atoms. The Morgan fingerprint density at radius 3 is 2.53 bits per heavy atom. The average molecular weight is 235 g/mol. The van der Waals surface area contributed by atoms with E-state index in [1.165, 1.54) is 0 Å². The Morgan fingerprint density at radius 1 is 1.40 bits per heavy atom. The number of rotatable bonds is 5. The fraction of sp³-hybridized carbons (Fsp3) is 0.500. The van der Waals surface area contributed by atoms with Crippen molar-refractivity contribution >= 4 is 10.4 Å². The van der Waals surface area contributed by atoms with E-state index >= 15 is 0 Å². The van der Waals surface area contributed by atoms with E-state index in [2.05, 4.69) is 4.18 Å². The van der Waals surface area contributed by atoms with Crippen LogP contribution in [0, 0.1) is 0 Å². The lowest BCUT2D eigenvalue weighted by Gasteiger charge is -2.05. The van der Waals surface area contributed by atoms with E-state index in [0.717, 1.165) is 0 Å². The van der Waals surface area contributed by atoms with Crippen LogP contribution >= 0.6 is 0 Å². The van der Waals surface area contributed by atoms with Gasteiger partial charge in [-0.25, -0.2) is 4.18 Å². The van der Waals surface area contributed by atoms with E-state index in [1.807, 2.05) is 19.0 Å². The summed E-state index contributed by atoms with van der Waals surface area (Å²) in [6.45, 7) is 0.318. The predicted octanol–water partition coefficient (Wildman–Crippen LogP) is 0.661. The van der Waals surface area contributed by atoms with Gasteiger partial charge in [-0.05, 0) is 26.2 Å². The van der Waals surface area contributed by atoms with E-state index in [-0.39, 0.29) is 6.61 Å². The Kier molecular flexibility index (Phi) is 3.86. The third kappa shape index (κ3) is 4.93. The molecule has 1 N–H and O–H groups in total. The van der Waals surface area contributed by atoms with Crippen LogP contribution < -0.4 is 0 Å². The van der Waals surface area contributed by atoms with Gasteiger partial charge in [-0.2, -0.15) is 8.42 Å². The first-order chi connectivity index (χ1) is 6.87. The molecule has 0 atom stereocenters. The standard InChI is InChI=1S/C8H13NO5S/c1-9(2)5-7-3-4-8(14-7)6-13-15(10,11)12/h3-4H,5-6H2,1-2H3,(H,10,11,12). The first-order valence-electron chi connectivity index (χ1n) is 4.21. The van der Waals surface area contributed by atoms with Gasteiger partial charge >= 0.3 is 10.4 Å². The first kappa shape index (κ1) is 12.2. The lowest BCUT2D eigenvalue weighted by molar-refractivity contribution is 0.230. The third-order valence-electron chi connectivity index (χ3n) is 1.54. The zero-order valence-electron chi connectivity index (χ0n) is 8.50. The molecule has 0 saturated carbocycles. The van der Waals surface area contributed by atoms with E-state index < -0.39 is 10.4 Å². The summed E-state index contributed by atoms with van der Waals surface area (Å²) >= 11 is 0. The molecule has 0 aliphatic rings.